The van der Waals surface area contributed by atoms with Gasteiger partial charge in [0.15, 0.2) is 0 Å². The Balaban J connectivity index is 2.20. The zero-order valence-electron chi connectivity index (χ0n) is 7.45. The van der Waals surface area contributed by atoms with Gasteiger partial charge in [0, 0.05) is 32.1 Å². The van der Waals surface area contributed by atoms with E-state index in [4.69, 9.17) is 5.11 Å². The van der Waals surface area contributed by atoms with Crippen molar-refractivity contribution in [3.8, 4) is 0 Å². The van der Waals surface area contributed by atoms with Crippen LogP contribution < -0.4 is 5.32 Å². The van der Waals surface area contributed by atoms with E-state index in [0.29, 0.717) is 0 Å². The fourth-order valence-electron chi connectivity index (χ4n) is 1.10. The molecule has 12 heavy (non-hydrogen) atoms. The molecule has 0 aromatic carbocycles. The molecule has 1 aromatic rings. The van der Waals surface area contributed by atoms with E-state index >= 15 is 0 Å². The summed E-state index contributed by atoms with van der Waals surface area (Å²) in [4.78, 5) is 0. The molecule has 1 heterocycles. The average molecular weight is 168 g/mol. The molecule has 1 aromatic heterocycles. The van der Waals surface area contributed by atoms with Crippen LogP contribution in [0.15, 0.2) is 18.3 Å². The van der Waals surface area contributed by atoms with Crippen molar-refractivity contribution in [1.29, 1.82) is 0 Å². The lowest BCUT2D eigenvalue weighted by Crippen LogP contribution is -2.17. The van der Waals surface area contributed by atoms with Gasteiger partial charge in [-0.1, -0.05) is 0 Å². The second-order valence-electron chi connectivity index (χ2n) is 2.86. The zero-order valence-corrected chi connectivity index (χ0v) is 7.45. The van der Waals surface area contributed by atoms with Crippen LogP contribution in [0, 0.1) is 0 Å². The number of aryl methyl sites for hydroxylation is 1. The van der Waals surface area contributed by atoms with Crippen molar-refractivity contribution < 1.29 is 5.11 Å². The van der Waals surface area contributed by atoms with Crippen LogP contribution in [0.5, 0.6) is 0 Å². The molecule has 0 atom stereocenters. The van der Waals surface area contributed by atoms with Gasteiger partial charge in [0.2, 0.25) is 0 Å². The Morgan fingerprint density at radius 1 is 1.58 bits per heavy atom. The van der Waals surface area contributed by atoms with Crippen LogP contribution in [0.25, 0.3) is 0 Å². The summed E-state index contributed by atoms with van der Waals surface area (Å²) in [5.41, 5.74) is 1.27. The van der Waals surface area contributed by atoms with E-state index in [2.05, 4.69) is 16.0 Å². The first kappa shape index (κ1) is 9.29. The fourth-order valence-corrected chi connectivity index (χ4v) is 1.10. The summed E-state index contributed by atoms with van der Waals surface area (Å²) in [7, 11) is 2.03. The van der Waals surface area contributed by atoms with E-state index < -0.39 is 0 Å². The van der Waals surface area contributed by atoms with Gasteiger partial charge in [-0.3, -0.25) is 0 Å². The highest BCUT2D eigenvalue weighted by atomic mass is 16.3. The minimum absolute atomic E-state index is 0.264. The molecule has 3 nitrogen and oxygen atoms in total. The Morgan fingerprint density at radius 3 is 3.00 bits per heavy atom. The normalized spacial score (nSPS) is 10.5. The highest BCUT2D eigenvalue weighted by Gasteiger charge is 1.94. The Hall–Kier alpha value is -0.800. The first-order valence-corrected chi connectivity index (χ1v) is 4.26. The molecule has 68 valence electrons. The lowest BCUT2D eigenvalue weighted by Gasteiger charge is -2.04. The Bertz CT molecular complexity index is 220. The third kappa shape index (κ3) is 2.68. The monoisotopic (exact) mass is 168 g/mol. The van der Waals surface area contributed by atoms with Crippen LogP contribution in [0.3, 0.4) is 0 Å². The number of nitrogens with zero attached hydrogens (tertiary/aromatic N) is 1. The minimum atomic E-state index is 0.264. The summed E-state index contributed by atoms with van der Waals surface area (Å²) in [6.07, 6.45) is 2.85. The van der Waals surface area contributed by atoms with Gasteiger partial charge in [0.1, 0.15) is 0 Å². The lowest BCUT2D eigenvalue weighted by molar-refractivity contribution is 0.286. The minimum Gasteiger partial charge on any atom is -0.396 e. The van der Waals surface area contributed by atoms with Crippen molar-refractivity contribution in [2.75, 3.05) is 13.2 Å². The SMILES string of the molecule is Cn1cccc1CNCCCO. The van der Waals surface area contributed by atoms with Crippen molar-refractivity contribution >= 4 is 0 Å². The van der Waals surface area contributed by atoms with Crippen LogP contribution in [0.1, 0.15) is 12.1 Å². The summed E-state index contributed by atoms with van der Waals surface area (Å²) in [5, 5.41) is 11.8. The summed E-state index contributed by atoms with van der Waals surface area (Å²) >= 11 is 0. The number of rotatable bonds is 5. The number of hydrogen-bond acceptors (Lipinski definition) is 2. The van der Waals surface area contributed by atoms with Crippen LogP contribution in [0.4, 0.5) is 0 Å². The maximum absolute atomic E-state index is 8.53. The van der Waals surface area contributed by atoms with Gasteiger partial charge < -0.3 is 15.0 Å². The molecule has 3 heteroatoms. The third-order valence-corrected chi connectivity index (χ3v) is 1.87. The van der Waals surface area contributed by atoms with Crippen LogP contribution in [-0.2, 0) is 13.6 Å². The molecule has 0 saturated heterocycles. The molecule has 1 rings (SSSR count). The molecule has 0 bridgehead atoms. The molecule has 0 unspecified atom stereocenters. The van der Waals surface area contributed by atoms with E-state index in [-0.39, 0.29) is 6.61 Å². The van der Waals surface area contributed by atoms with Crippen molar-refractivity contribution in [2.45, 2.75) is 13.0 Å². The first-order chi connectivity index (χ1) is 5.84. The zero-order chi connectivity index (χ0) is 8.81. The molecule has 0 radical (unpaired) electrons. The predicted octanol–water partition coefficient (Wildman–Crippen LogP) is 0.497. The van der Waals surface area contributed by atoms with Crippen molar-refractivity contribution in [1.82, 2.24) is 9.88 Å². The van der Waals surface area contributed by atoms with Gasteiger partial charge in [0.05, 0.1) is 0 Å². The van der Waals surface area contributed by atoms with Gasteiger partial charge in [0.25, 0.3) is 0 Å². The van der Waals surface area contributed by atoms with Crippen molar-refractivity contribution in [3.05, 3.63) is 24.0 Å². The maximum atomic E-state index is 8.53. The molecule has 0 spiro atoms. The van der Waals surface area contributed by atoms with E-state index in [1.54, 1.807) is 0 Å². The van der Waals surface area contributed by atoms with E-state index in [1.807, 2.05) is 19.3 Å². The summed E-state index contributed by atoms with van der Waals surface area (Å²) < 4.78 is 2.09. The average Bonchev–Trinajstić information content (AvgIpc) is 2.46. The van der Waals surface area contributed by atoms with E-state index in [1.165, 1.54) is 5.69 Å². The number of nitrogens with one attached hydrogen (secondary N) is 1. The van der Waals surface area contributed by atoms with Gasteiger partial charge >= 0.3 is 0 Å². The lowest BCUT2D eigenvalue weighted by atomic mass is 10.4. The standard InChI is InChI=1S/C9H16N2O/c1-11-6-2-4-9(11)8-10-5-3-7-12/h2,4,6,10,12H,3,5,7-8H2,1H3. The quantitative estimate of drug-likeness (QED) is 0.628. The van der Waals surface area contributed by atoms with Crippen LogP contribution in [-0.4, -0.2) is 22.8 Å². The van der Waals surface area contributed by atoms with Gasteiger partial charge in [-0.05, 0) is 25.1 Å². The molecule has 0 aliphatic rings. The highest BCUT2D eigenvalue weighted by molar-refractivity contribution is 5.05. The second kappa shape index (κ2) is 4.95. The van der Waals surface area contributed by atoms with E-state index in [0.717, 1.165) is 19.5 Å². The van der Waals surface area contributed by atoms with Gasteiger partial charge in [-0.2, -0.15) is 0 Å². The second-order valence-corrected chi connectivity index (χ2v) is 2.86. The third-order valence-electron chi connectivity index (χ3n) is 1.87. The molecule has 0 aliphatic heterocycles. The van der Waals surface area contributed by atoms with Crippen LogP contribution in [0.2, 0.25) is 0 Å². The Morgan fingerprint density at radius 2 is 2.42 bits per heavy atom. The number of aromatic nitrogens is 1. The summed E-state index contributed by atoms with van der Waals surface area (Å²) in [6, 6.07) is 4.12. The summed E-state index contributed by atoms with van der Waals surface area (Å²) in [6.45, 7) is 2.02. The Kier molecular flexibility index (Phi) is 3.84. The molecule has 0 saturated carbocycles. The molecule has 0 aliphatic carbocycles. The van der Waals surface area contributed by atoms with Crippen LogP contribution >= 0.6 is 0 Å². The van der Waals surface area contributed by atoms with Gasteiger partial charge in [-0.15, -0.1) is 0 Å². The topological polar surface area (TPSA) is 37.2 Å². The maximum Gasteiger partial charge on any atom is 0.0443 e. The molecule has 0 amide bonds. The fraction of sp³-hybridized carbons (Fsp3) is 0.556. The predicted molar refractivity (Wildman–Crippen MR) is 48.8 cm³/mol. The number of aliphatic hydroxyl groups excluding tert-OH is 1. The van der Waals surface area contributed by atoms with Crippen molar-refractivity contribution in [2.24, 2.45) is 7.05 Å². The number of aliphatic hydroxyl groups is 1. The summed E-state index contributed by atoms with van der Waals surface area (Å²) in [5.74, 6) is 0. The number of hydrogen-bond donors (Lipinski definition) is 2. The Labute approximate surface area is 73.0 Å². The molecule has 0 fully saturated rings. The van der Waals surface area contributed by atoms with Gasteiger partial charge in [-0.25, -0.2) is 0 Å². The molecular weight excluding hydrogens is 152 g/mol. The van der Waals surface area contributed by atoms with Crippen molar-refractivity contribution in [3.63, 3.8) is 0 Å². The smallest absolute Gasteiger partial charge is 0.0443 e. The van der Waals surface area contributed by atoms with E-state index in [9.17, 15) is 0 Å². The largest absolute Gasteiger partial charge is 0.396 e. The molecular formula is C9H16N2O. The molecule has 2 N–H and O–H groups in total. The highest BCUT2D eigenvalue weighted by Crippen LogP contribution is 1.97. The first-order valence-electron chi connectivity index (χ1n) is 4.26.